The summed E-state index contributed by atoms with van der Waals surface area (Å²) in [5, 5.41) is 2.10. The maximum absolute atomic E-state index is 11.9. The number of hydrogen-bond donors (Lipinski definition) is 2. The molecule has 0 heterocycles. The van der Waals surface area contributed by atoms with E-state index in [-0.39, 0.29) is 6.61 Å². The van der Waals surface area contributed by atoms with Crippen molar-refractivity contribution in [2.45, 2.75) is 20.0 Å². The van der Waals surface area contributed by atoms with E-state index in [1.54, 1.807) is 18.2 Å². The zero-order valence-corrected chi connectivity index (χ0v) is 15.8. The highest BCUT2D eigenvalue weighted by Crippen LogP contribution is 2.33. The van der Waals surface area contributed by atoms with E-state index in [1.807, 2.05) is 49.4 Å². The fourth-order valence-corrected chi connectivity index (χ4v) is 3.33. The van der Waals surface area contributed by atoms with Gasteiger partial charge in [0, 0.05) is 16.6 Å². The van der Waals surface area contributed by atoms with Gasteiger partial charge in [0.2, 0.25) is 0 Å². The van der Waals surface area contributed by atoms with Crippen LogP contribution in [0.15, 0.2) is 60.7 Å². The Balaban J connectivity index is 1.85. The van der Waals surface area contributed by atoms with Crippen LogP contribution < -0.4 is 15.4 Å². The van der Waals surface area contributed by atoms with Crippen molar-refractivity contribution in [1.29, 1.82) is 0 Å². The highest BCUT2D eigenvalue weighted by Gasteiger charge is 2.10. The fraction of sp³-hybridized carbons (Fsp3) is 0.200. The minimum absolute atomic E-state index is 0.151. The van der Waals surface area contributed by atoms with Gasteiger partial charge in [0.15, 0.2) is 0 Å². The minimum Gasteiger partial charge on any atom is -0.456 e. The predicted molar refractivity (Wildman–Crippen MR) is 107 cm³/mol. The summed E-state index contributed by atoms with van der Waals surface area (Å²) >= 11 is -1.61. The van der Waals surface area contributed by atoms with Crippen LogP contribution in [0.4, 0.5) is 5.69 Å². The van der Waals surface area contributed by atoms with Crippen molar-refractivity contribution in [1.82, 2.24) is 0 Å². The quantitative estimate of drug-likeness (QED) is 0.531. The Morgan fingerprint density at radius 1 is 1.04 bits per heavy atom. The van der Waals surface area contributed by atoms with Gasteiger partial charge in [-0.2, -0.15) is 0 Å². The van der Waals surface area contributed by atoms with Crippen molar-refractivity contribution in [3.05, 3.63) is 66.2 Å². The van der Waals surface area contributed by atoms with Gasteiger partial charge in [-0.3, -0.25) is 13.7 Å². The third-order valence-electron chi connectivity index (χ3n) is 3.86. The molecule has 0 aliphatic carbocycles. The Hall–Kier alpha value is -2.45. The molecule has 0 aromatic heterocycles. The van der Waals surface area contributed by atoms with Gasteiger partial charge in [-0.1, -0.05) is 43.3 Å². The van der Waals surface area contributed by atoms with Crippen LogP contribution in [-0.2, 0) is 26.9 Å². The Bertz CT molecular complexity index is 928. The molecule has 0 aliphatic rings. The number of anilines is 1. The summed E-state index contributed by atoms with van der Waals surface area (Å²) in [4.78, 5) is 4.80. The SMILES string of the molecule is CCCOS(=O)Nc1ccc(Oc2cccc3ccccc23)c(CON)c1. The van der Waals surface area contributed by atoms with E-state index in [0.717, 1.165) is 28.5 Å². The molecule has 0 bridgehead atoms. The lowest BCUT2D eigenvalue weighted by molar-refractivity contribution is 0.122. The Morgan fingerprint density at radius 3 is 2.67 bits per heavy atom. The van der Waals surface area contributed by atoms with E-state index in [4.69, 9.17) is 19.7 Å². The summed E-state index contributed by atoms with van der Waals surface area (Å²) in [6.07, 6.45) is 0.789. The Labute approximate surface area is 161 Å². The topological polar surface area (TPSA) is 82.8 Å². The van der Waals surface area contributed by atoms with Crippen molar-refractivity contribution in [2.24, 2.45) is 5.90 Å². The molecule has 0 spiro atoms. The molecular formula is C20H22N2O4S. The first-order chi connectivity index (χ1) is 13.2. The molecule has 3 aromatic rings. The van der Waals surface area contributed by atoms with Crippen molar-refractivity contribution >= 4 is 27.7 Å². The Kier molecular flexibility index (Phi) is 6.78. The van der Waals surface area contributed by atoms with Crippen molar-refractivity contribution in [3.63, 3.8) is 0 Å². The molecule has 27 heavy (non-hydrogen) atoms. The van der Waals surface area contributed by atoms with Crippen LogP contribution in [0.1, 0.15) is 18.9 Å². The van der Waals surface area contributed by atoms with E-state index in [2.05, 4.69) is 4.72 Å². The molecule has 7 heteroatoms. The Morgan fingerprint density at radius 2 is 1.85 bits per heavy atom. The molecule has 3 N–H and O–H groups in total. The van der Waals surface area contributed by atoms with E-state index in [9.17, 15) is 4.21 Å². The van der Waals surface area contributed by atoms with Gasteiger partial charge in [-0.05, 0) is 36.1 Å². The van der Waals surface area contributed by atoms with Gasteiger partial charge in [-0.15, -0.1) is 0 Å². The summed E-state index contributed by atoms with van der Waals surface area (Å²) in [5.41, 5.74) is 1.35. The lowest BCUT2D eigenvalue weighted by Crippen LogP contribution is -2.09. The van der Waals surface area contributed by atoms with Crippen LogP contribution in [0, 0.1) is 0 Å². The fourth-order valence-electron chi connectivity index (χ4n) is 2.63. The summed E-state index contributed by atoms with van der Waals surface area (Å²) in [6.45, 7) is 2.52. The van der Waals surface area contributed by atoms with Gasteiger partial charge in [0.1, 0.15) is 11.5 Å². The molecule has 0 fully saturated rings. The molecule has 3 aromatic carbocycles. The van der Waals surface area contributed by atoms with Crippen LogP contribution >= 0.6 is 0 Å². The van der Waals surface area contributed by atoms with E-state index in [0.29, 0.717) is 18.0 Å². The number of fused-ring (bicyclic) bond motifs is 1. The summed E-state index contributed by atoms with van der Waals surface area (Å²) in [7, 11) is 0. The molecule has 0 saturated carbocycles. The van der Waals surface area contributed by atoms with Gasteiger partial charge < -0.3 is 4.74 Å². The molecule has 0 saturated heterocycles. The van der Waals surface area contributed by atoms with Crippen molar-refractivity contribution < 1.29 is 18.0 Å². The first-order valence-electron chi connectivity index (χ1n) is 8.63. The molecule has 0 amide bonds. The third-order valence-corrected chi connectivity index (χ3v) is 4.65. The molecule has 0 aliphatic heterocycles. The van der Waals surface area contributed by atoms with E-state index in [1.165, 1.54) is 0 Å². The maximum atomic E-state index is 11.9. The van der Waals surface area contributed by atoms with Crippen LogP contribution in [0.25, 0.3) is 10.8 Å². The molecule has 1 atom stereocenters. The second kappa shape index (κ2) is 9.48. The minimum atomic E-state index is -1.61. The van der Waals surface area contributed by atoms with Crippen LogP contribution in [0.2, 0.25) is 0 Å². The second-order valence-electron chi connectivity index (χ2n) is 5.87. The predicted octanol–water partition coefficient (Wildman–Crippen LogP) is 4.44. The summed E-state index contributed by atoms with van der Waals surface area (Å²) < 4.78 is 25.9. The smallest absolute Gasteiger partial charge is 0.261 e. The highest BCUT2D eigenvalue weighted by molar-refractivity contribution is 7.81. The monoisotopic (exact) mass is 386 g/mol. The number of benzene rings is 3. The zero-order valence-electron chi connectivity index (χ0n) is 15.0. The number of nitrogens with two attached hydrogens (primary N) is 1. The van der Waals surface area contributed by atoms with Crippen molar-refractivity contribution in [2.75, 3.05) is 11.3 Å². The van der Waals surface area contributed by atoms with Gasteiger partial charge >= 0.3 is 0 Å². The molecule has 142 valence electrons. The standard InChI is InChI=1S/C20H22N2O4S/c1-2-12-25-27(23)22-17-10-11-19(16(13-17)14-24-21)26-20-9-5-7-15-6-3-4-8-18(15)20/h3-11,13,22H,2,12,14,21H2,1H3. The average molecular weight is 386 g/mol. The molecular weight excluding hydrogens is 364 g/mol. The molecule has 6 nitrogen and oxygen atoms in total. The largest absolute Gasteiger partial charge is 0.456 e. The number of hydrogen-bond acceptors (Lipinski definition) is 5. The normalized spacial score (nSPS) is 12.1. The highest BCUT2D eigenvalue weighted by atomic mass is 32.2. The van der Waals surface area contributed by atoms with E-state index >= 15 is 0 Å². The summed E-state index contributed by atoms with van der Waals surface area (Å²) in [5.74, 6) is 6.62. The van der Waals surface area contributed by atoms with Gasteiger partial charge in [-0.25, -0.2) is 10.1 Å². The van der Waals surface area contributed by atoms with Crippen LogP contribution in [0.5, 0.6) is 11.5 Å². The molecule has 0 radical (unpaired) electrons. The molecule has 3 rings (SSSR count). The number of nitrogens with one attached hydrogen (secondary N) is 1. The summed E-state index contributed by atoms with van der Waals surface area (Å²) in [6, 6.07) is 19.2. The van der Waals surface area contributed by atoms with Crippen molar-refractivity contribution in [3.8, 4) is 11.5 Å². The first kappa shape index (κ1) is 19.3. The number of rotatable bonds is 9. The third kappa shape index (κ3) is 5.05. The van der Waals surface area contributed by atoms with Crippen LogP contribution in [-0.4, -0.2) is 10.8 Å². The molecule has 1 unspecified atom stereocenters. The van der Waals surface area contributed by atoms with Gasteiger partial charge in [0.25, 0.3) is 11.3 Å². The maximum Gasteiger partial charge on any atom is 0.261 e. The lowest BCUT2D eigenvalue weighted by atomic mass is 10.1. The second-order valence-corrected chi connectivity index (χ2v) is 6.78. The van der Waals surface area contributed by atoms with Gasteiger partial charge in [0.05, 0.1) is 13.2 Å². The zero-order chi connectivity index (χ0) is 19.1. The first-order valence-corrected chi connectivity index (χ1v) is 9.70. The number of ether oxygens (including phenoxy) is 1. The van der Waals surface area contributed by atoms with Crippen LogP contribution in [0.3, 0.4) is 0 Å². The average Bonchev–Trinajstić information content (AvgIpc) is 2.69. The van der Waals surface area contributed by atoms with E-state index < -0.39 is 11.3 Å². The lowest BCUT2D eigenvalue weighted by Gasteiger charge is -2.14.